The molecule has 8 heteroatoms. The zero-order valence-corrected chi connectivity index (χ0v) is 68.5. The molecule has 0 N–H and O–H groups in total. The van der Waals surface area contributed by atoms with E-state index in [1.165, 1.54) is 54.4 Å². The van der Waals surface area contributed by atoms with Gasteiger partial charge in [0.2, 0.25) is 0 Å². The minimum Gasteiger partial charge on any atom is -0.203 e. The fourth-order valence-electron chi connectivity index (χ4n) is 14.4. The van der Waals surface area contributed by atoms with Gasteiger partial charge in [0.05, 0.1) is 0 Å². The van der Waals surface area contributed by atoms with Gasteiger partial charge in [-0.15, -0.1) is 0 Å². The van der Waals surface area contributed by atoms with E-state index in [9.17, 15) is 35.1 Å². The van der Waals surface area contributed by atoms with E-state index in [4.69, 9.17) is 0 Å². The molecule has 0 radical (unpaired) electrons. The van der Waals surface area contributed by atoms with E-state index in [1.807, 2.05) is 97.1 Å². The van der Waals surface area contributed by atoms with Crippen LogP contribution in [0.5, 0.6) is 0 Å². The molecular formula is C106H116F8. The van der Waals surface area contributed by atoms with Crippen LogP contribution in [0.2, 0.25) is 0 Å². The van der Waals surface area contributed by atoms with E-state index >= 15 is 0 Å². The first kappa shape index (κ1) is 88.0. The zero-order valence-electron chi connectivity index (χ0n) is 68.5. The third-order valence-corrected chi connectivity index (χ3v) is 21.6. The molecule has 0 fully saturated rings. The zero-order chi connectivity index (χ0) is 81.1. The summed E-state index contributed by atoms with van der Waals surface area (Å²) in [4.78, 5) is 0. The first-order valence-electron chi connectivity index (χ1n) is 42.2. The average molecular weight is 1540 g/mol. The van der Waals surface area contributed by atoms with Crippen molar-refractivity contribution in [3.8, 4) is 89.0 Å². The Labute approximate surface area is 676 Å². The summed E-state index contributed by atoms with van der Waals surface area (Å²) in [5.41, 5.74) is 20.1. The summed E-state index contributed by atoms with van der Waals surface area (Å²) < 4.78 is 116. The molecule has 0 aliphatic heterocycles. The van der Waals surface area contributed by atoms with Gasteiger partial charge >= 0.3 is 0 Å². The lowest BCUT2D eigenvalue weighted by Crippen LogP contribution is -1.97. The second kappa shape index (κ2) is 46.4. The van der Waals surface area contributed by atoms with Crippen molar-refractivity contribution in [3.05, 3.63) is 334 Å². The molecule has 12 aromatic rings. The van der Waals surface area contributed by atoms with Gasteiger partial charge in [0.1, 0.15) is 0 Å². The molecule has 0 aromatic heterocycles. The number of benzene rings is 12. The van der Waals surface area contributed by atoms with Gasteiger partial charge in [0.15, 0.2) is 46.5 Å². The third kappa shape index (κ3) is 25.0. The second-order valence-corrected chi connectivity index (χ2v) is 30.2. The Kier molecular flexibility index (Phi) is 35.9. The molecule has 0 spiro atoms. The molecule has 0 heterocycles. The Hall–Kier alpha value is -9.92. The standard InChI is InChI=1S/C28H32F2.C27H30F2.C26H28F2.C25H26F2/c1-3-5-7-9-21-11-13-22(14-12-21)23-15-17-24(18-16-23)26-20-19-25(10-8-6-4-2)27(29)28(26)30;1-3-5-7-9-24-18-19-25(27(29)26(24)28)23-16-14-22(15-17-23)21-12-10-20(11-13-21)8-6-4-2;1-3-5-6-8-23-17-18-24(26(28)25(23)27)22-15-13-21(14-16-22)20-11-9-19(7-4-2)10-12-20;1-3-5-6-7-22-16-17-23(25(27)24(22)26)21-14-12-20(13-15-21)19-10-8-18(4-2)9-11-19/h11-20H,3-10H2,1-2H3;10-19H,3-9H2,1-2H3;9-18H,3-8H2,1-2H3;8-17H,3-7H2,1-2H3. The summed E-state index contributed by atoms with van der Waals surface area (Å²) >= 11 is 0. The molecule has 0 saturated heterocycles. The molecule has 0 saturated carbocycles. The van der Waals surface area contributed by atoms with Crippen LogP contribution in [0.1, 0.15) is 215 Å². The van der Waals surface area contributed by atoms with E-state index in [-0.39, 0.29) is 0 Å². The summed E-state index contributed by atoms with van der Waals surface area (Å²) in [6.07, 6.45) is 25.9. The van der Waals surface area contributed by atoms with Crippen molar-refractivity contribution in [3.63, 3.8) is 0 Å². The number of halogens is 8. The van der Waals surface area contributed by atoms with E-state index in [1.54, 1.807) is 48.5 Å². The Morgan fingerprint density at radius 3 is 0.544 bits per heavy atom. The highest BCUT2D eigenvalue weighted by Crippen LogP contribution is 2.36. The number of hydrogen-bond acceptors (Lipinski definition) is 0. The topological polar surface area (TPSA) is 0 Å². The normalized spacial score (nSPS) is 11.0. The summed E-state index contributed by atoms with van der Waals surface area (Å²) in [5.74, 6) is -5.79. The molecule has 0 bridgehead atoms. The minimum absolute atomic E-state index is 0.319. The predicted octanol–water partition coefficient (Wildman–Crippen LogP) is 32.7. The fraction of sp³-hybridized carbons (Fsp3) is 0.321. The molecule has 12 rings (SSSR count). The summed E-state index contributed by atoms with van der Waals surface area (Å²) in [7, 11) is 0. The molecule has 0 nitrogen and oxygen atoms in total. The van der Waals surface area contributed by atoms with Crippen LogP contribution in [-0.2, 0) is 51.4 Å². The number of rotatable bonds is 34. The molecule has 0 unspecified atom stereocenters. The summed E-state index contributed by atoms with van der Waals surface area (Å²) in [6, 6.07) is 78.7. The van der Waals surface area contributed by atoms with Gasteiger partial charge in [-0.2, -0.15) is 0 Å². The van der Waals surface area contributed by atoms with Crippen LogP contribution in [0.4, 0.5) is 35.1 Å². The molecule has 12 aromatic carbocycles. The molecule has 0 atom stereocenters. The minimum atomic E-state index is -0.746. The Balaban J connectivity index is 0.000000174. The van der Waals surface area contributed by atoms with Crippen molar-refractivity contribution in [1.82, 2.24) is 0 Å². The SMILES string of the molecule is CCCCCc1ccc(-c2ccc(-c3ccc(CC)cc3)cc2)c(F)c1F.CCCCCc1ccc(-c2ccc(-c3ccc(CCC)cc3)cc2)c(F)c1F.CCCCCc1ccc(-c2ccc(-c3ccc(CCCC)cc3)cc2)c(F)c1F.CCCCCc1ccc(-c2ccc(-c3ccc(CCCCC)c(F)c3F)cc2)cc1. The van der Waals surface area contributed by atoms with Gasteiger partial charge in [-0.25, -0.2) is 35.1 Å². The Morgan fingerprint density at radius 1 is 0.149 bits per heavy atom. The Bertz CT molecular complexity index is 4850. The molecule has 0 aliphatic rings. The van der Waals surface area contributed by atoms with Crippen LogP contribution in [0, 0.1) is 46.5 Å². The van der Waals surface area contributed by atoms with Crippen LogP contribution < -0.4 is 0 Å². The number of hydrogen-bond donors (Lipinski definition) is 0. The maximum atomic E-state index is 14.7. The highest BCUT2D eigenvalue weighted by Gasteiger charge is 2.20. The maximum Gasteiger partial charge on any atom is 0.166 e. The van der Waals surface area contributed by atoms with Gasteiger partial charge in [0, 0.05) is 22.3 Å². The Morgan fingerprint density at radius 2 is 0.333 bits per heavy atom. The maximum absolute atomic E-state index is 14.7. The lowest BCUT2D eigenvalue weighted by molar-refractivity contribution is 0.498. The first-order valence-corrected chi connectivity index (χ1v) is 42.2. The van der Waals surface area contributed by atoms with Gasteiger partial charge in [-0.3, -0.25) is 0 Å². The molecule has 0 amide bonds. The summed E-state index contributed by atoms with van der Waals surface area (Å²) in [5, 5.41) is 0. The summed E-state index contributed by atoms with van der Waals surface area (Å²) in [6.45, 7) is 17.1. The fourth-order valence-corrected chi connectivity index (χ4v) is 14.4. The van der Waals surface area contributed by atoms with E-state index in [0.717, 1.165) is 154 Å². The highest BCUT2D eigenvalue weighted by atomic mass is 19.2. The van der Waals surface area contributed by atoms with Crippen molar-refractivity contribution >= 4 is 0 Å². The average Bonchev–Trinajstić information content (AvgIpc) is 0.819. The largest absolute Gasteiger partial charge is 0.203 e. The quantitative estimate of drug-likeness (QED) is 0.0279. The van der Waals surface area contributed by atoms with Gasteiger partial charge in [0.25, 0.3) is 0 Å². The van der Waals surface area contributed by atoms with Crippen LogP contribution in [0.25, 0.3) is 89.0 Å². The number of aryl methyl sites for hydroxylation is 8. The number of unbranched alkanes of at least 4 members (excludes halogenated alkanes) is 11. The van der Waals surface area contributed by atoms with Crippen molar-refractivity contribution in [2.45, 2.75) is 222 Å². The van der Waals surface area contributed by atoms with Gasteiger partial charge < -0.3 is 0 Å². The highest BCUT2D eigenvalue weighted by molar-refractivity contribution is 5.75. The lowest BCUT2D eigenvalue weighted by Gasteiger charge is -2.10. The smallest absolute Gasteiger partial charge is 0.166 e. The van der Waals surface area contributed by atoms with Crippen LogP contribution in [0.3, 0.4) is 0 Å². The van der Waals surface area contributed by atoms with E-state index in [0.29, 0.717) is 92.4 Å². The third-order valence-electron chi connectivity index (χ3n) is 21.6. The monoisotopic (exact) mass is 1540 g/mol. The van der Waals surface area contributed by atoms with E-state index in [2.05, 4.69) is 152 Å². The van der Waals surface area contributed by atoms with Crippen molar-refractivity contribution in [2.24, 2.45) is 0 Å². The molecule has 596 valence electrons. The lowest BCUT2D eigenvalue weighted by atomic mass is 9.97. The van der Waals surface area contributed by atoms with E-state index < -0.39 is 46.5 Å². The molecular weight excluding hydrogens is 1430 g/mol. The predicted molar refractivity (Wildman–Crippen MR) is 467 cm³/mol. The van der Waals surface area contributed by atoms with Crippen LogP contribution in [0.15, 0.2) is 243 Å². The molecule has 0 aliphatic carbocycles. The van der Waals surface area contributed by atoms with Crippen molar-refractivity contribution < 1.29 is 35.1 Å². The van der Waals surface area contributed by atoms with Crippen molar-refractivity contribution in [2.75, 3.05) is 0 Å². The van der Waals surface area contributed by atoms with Crippen molar-refractivity contribution in [1.29, 1.82) is 0 Å². The second-order valence-electron chi connectivity index (χ2n) is 30.2. The van der Waals surface area contributed by atoms with Gasteiger partial charge in [-0.1, -0.05) is 375 Å². The molecule has 114 heavy (non-hydrogen) atoms. The van der Waals surface area contributed by atoms with Gasteiger partial charge in [-0.05, 0) is 201 Å². The van der Waals surface area contributed by atoms with Crippen LogP contribution >= 0.6 is 0 Å². The van der Waals surface area contributed by atoms with Crippen LogP contribution in [-0.4, -0.2) is 0 Å². The first-order chi connectivity index (χ1) is 55.5.